The minimum atomic E-state index is -0.928. The van der Waals surface area contributed by atoms with Crippen LogP contribution in [0.5, 0.6) is 5.75 Å². The van der Waals surface area contributed by atoms with Crippen LogP contribution in [-0.4, -0.2) is 23.4 Å². The monoisotopic (exact) mass is 515 g/mol. The first-order valence-electron chi connectivity index (χ1n) is 10.5. The summed E-state index contributed by atoms with van der Waals surface area (Å²) in [5.41, 5.74) is 2.17. The Kier molecular flexibility index (Phi) is 6.89. The van der Waals surface area contributed by atoms with Crippen LogP contribution in [0, 0.1) is 6.92 Å². The first-order valence-corrected chi connectivity index (χ1v) is 11.6. The van der Waals surface area contributed by atoms with Gasteiger partial charge in [0.2, 0.25) is 0 Å². The molecule has 8 heteroatoms. The summed E-state index contributed by atoms with van der Waals surface area (Å²) in [5, 5.41) is 12.2. The number of aryl methyl sites for hydroxylation is 1. The number of benzene rings is 3. The maximum absolute atomic E-state index is 13.3. The van der Waals surface area contributed by atoms with E-state index in [1.165, 1.54) is 11.0 Å². The highest BCUT2D eigenvalue weighted by Gasteiger charge is 2.47. The van der Waals surface area contributed by atoms with Crippen molar-refractivity contribution in [1.82, 2.24) is 0 Å². The van der Waals surface area contributed by atoms with E-state index in [0.717, 1.165) is 5.56 Å². The topological polar surface area (TPSA) is 66.8 Å². The van der Waals surface area contributed by atoms with E-state index in [1.807, 2.05) is 13.0 Å². The molecule has 0 saturated carbocycles. The fourth-order valence-electron chi connectivity index (χ4n) is 3.95. The second-order valence-corrected chi connectivity index (χ2v) is 8.98. The Morgan fingerprint density at radius 1 is 0.971 bits per heavy atom. The SMILES string of the molecule is CCOc1cc(/C(O)=C2/C(=O)C(=O)N(c3cccc(C)c3)C2c2ccc(Cl)c(Cl)c2)ccc1Cl. The average molecular weight is 517 g/mol. The molecule has 1 aliphatic heterocycles. The predicted molar refractivity (Wildman–Crippen MR) is 135 cm³/mol. The molecular formula is C26H20Cl3NO4. The molecule has 0 radical (unpaired) electrons. The third kappa shape index (κ3) is 4.39. The predicted octanol–water partition coefficient (Wildman–Crippen LogP) is 6.98. The number of amides is 1. The van der Waals surface area contributed by atoms with Gasteiger partial charge in [0.25, 0.3) is 11.7 Å². The lowest BCUT2D eigenvalue weighted by molar-refractivity contribution is -0.132. The van der Waals surface area contributed by atoms with Crippen LogP contribution in [0.3, 0.4) is 0 Å². The third-order valence-corrected chi connectivity index (χ3v) is 6.54. The maximum Gasteiger partial charge on any atom is 0.300 e. The minimum Gasteiger partial charge on any atom is -0.507 e. The van der Waals surface area contributed by atoms with E-state index in [2.05, 4.69) is 0 Å². The van der Waals surface area contributed by atoms with Crippen LogP contribution < -0.4 is 9.64 Å². The zero-order valence-corrected chi connectivity index (χ0v) is 20.6. The van der Waals surface area contributed by atoms with Crippen molar-refractivity contribution >= 4 is 57.9 Å². The average Bonchev–Trinajstić information content (AvgIpc) is 3.07. The zero-order valence-electron chi connectivity index (χ0n) is 18.3. The fourth-order valence-corrected chi connectivity index (χ4v) is 4.43. The third-order valence-electron chi connectivity index (χ3n) is 5.49. The van der Waals surface area contributed by atoms with Crippen molar-refractivity contribution in [3.05, 3.63) is 98.0 Å². The van der Waals surface area contributed by atoms with Crippen LogP contribution in [0.1, 0.15) is 29.7 Å². The molecule has 1 N–H and O–H groups in total. The molecule has 1 atom stereocenters. The molecule has 1 aliphatic rings. The molecule has 3 aromatic carbocycles. The quantitative estimate of drug-likeness (QED) is 0.226. The summed E-state index contributed by atoms with van der Waals surface area (Å²) in [6.45, 7) is 4.06. The molecule has 0 aromatic heterocycles. The number of halogens is 3. The summed E-state index contributed by atoms with van der Waals surface area (Å²) >= 11 is 18.6. The van der Waals surface area contributed by atoms with Crippen LogP contribution in [0.2, 0.25) is 15.1 Å². The molecule has 0 spiro atoms. The largest absolute Gasteiger partial charge is 0.507 e. The summed E-state index contributed by atoms with van der Waals surface area (Å²) in [6, 6.07) is 15.8. The van der Waals surface area contributed by atoms with Crippen molar-refractivity contribution in [2.45, 2.75) is 19.9 Å². The number of carbonyl (C=O) groups excluding carboxylic acids is 2. The normalized spacial score (nSPS) is 17.3. The first kappa shape index (κ1) is 24.1. The van der Waals surface area contributed by atoms with E-state index < -0.39 is 17.7 Å². The summed E-state index contributed by atoms with van der Waals surface area (Å²) in [7, 11) is 0. The molecule has 5 nitrogen and oxygen atoms in total. The maximum atomic E-state index is 13.3. The summed E-state index contributed by atoms with van der Waals surface area (Å²) in [5.74, 6) is -1.57. The van der Waals surface area contributed by atoms with E-state index in [9.17, 15) is 14.7 Å². The van der Waals surface area contributed by atoms with Crippen LogP contribution in [0.4, 0.5) is 5.69 Å². The van der Waals surface area contributed by atoms with Gasteiger partial charge in [-0.15, -0.1) is 0 Å². The Morgan fingerprint density at radius 3 is 2.38 bits per heavy atom. The Hall–Kier alpha value is -2.99. The Morgan fingerprint density at radius 2 is 1.71 bits per heavy atom. The lowest BCUT2D eigenvalue weighted by Crippen LogP contribution is -2.29. The Balaban J connectivity index is 1.96. The van der Waals surface area contributed by atoms with Gasteiger partial charge in [-0.25, -0.2) is 0 Å². The van der Waals surface area contributed by atoms with Gasteiger partial charge >= 0.3 is 0 Å². The van der Waals surface area contributed by atoms with Crippen LogP contribution in [-0.2, 0) is 9.59 Å². The van der Waals surface area contributed by atoms with E-state index in [4.69, 9.17) is 39.5 Å². The summed E-state index contributed by atoms with van der Waals surface area (Å²) in [4.78, 5) is 27.9. The van der Waals surface area contributed by atoms with Gasteiger partial charge in [0.1, 0.15) is 11.5 Å². The number of Topliss-reactive ketones (excluding diaryl/α,β-unsaturated/α-hetero) is 1. The molecule has 1 heterocycles. The summed E-state index contributed by atoms with van der Waals surface area (Å²) < 4.78 is 5.52. The van der Waals surface area contributed by atoms with Crippen molar-refractivity contribution < 1.29 is 19.4 Å². The Bertz CT molecular complexity index is 1340. The van der Waals surface area contributed by atoms with Gasteiger partial charge in [-0.3, -0.25) is 14.5 Å². The molecule has 1 fully saturated rings. The number of aliphatic hydroxyl groups is 1. The van der Waals surface area contributed by atoms with Crippen molar-refractivity contribution in [2.75, 3.05) is 11.5 Å². The second-order valence-electron chi connectivity index (χ2n) is 7.76. The van der Waals surface area contributed by atoms with Crippen molar-refractivity contribution in [3.8, 4) is 5.75 Å². The molecule has 3 aromatic rings. The number of carbonyl (C=O) groups is 2. The van der Waals surface area contributed by atoms with Crippen LogP contribution >= 0.6 is 34.8 Å². The molecule has 34 heavy (non-hydrogen) atoms. The van der Waals surface area contributed by atoms with Crippen LogP contribution in [0.15, 0.2) is 66.2 Å². The van der Waals surface area contributed by atoms with Crippen LogP contribution in [0.25, 0.3) is 5.76 Å². The van der Waals surface area contributed by atoms with E-state index in [0.29, 0.717) is 39.2 Å². The number of anilines is 1. The first-order chi connectivity index (χ1) is 16.2. The number of rotatable bonds is 5. The van der Waals surface area contributed by atoms with Crippen molar-refractivity contribution in [2.24, 2.45) is 0 Å². The lowest BCUT2D eigenvalue weighted by Gasteiger charge is -2.26. The molecule has 1 amide bonds. The van der Waals surface area contributed by atoms with Gasteiger partial charge in [0.15, 0.2) is 0 Å². The van der Waals surface area contributed by atoms with E-state index >= 15 is 0 Å². The second kappa shape index (κ2) is 9.71. The lowest BCUT2D eigenvalue weighted by atomic mass is 9.95. The highest BCUT2D eigenvalue weighted by molar-refractivity contribution is 6.52. The summed E-state index contributed by atoms with van der Waals surface area (Å²) in [6.07, 6.45) is 0. The zero-order chi connectivity index (χ0) is 24.6. The highest BCUT2D eigenvalue weighted by atomic mass is 35.5. The molecule has 0 aliphatic carbocycles. The van der Waals surface area contributed by atoms with Gasteiger partial charge < -0.3 is 9.84 Å². The highest BCUT2D eigenvalue weighted by Crippen LogP contribution is 2.44. The minimum absolute atomic E-state index is 0.0744. The van der Waals surface area contributed by atoms with Gasteiger partial charge in [-0.2, -0.15) is 0 Å². The number of nitrogens with zero attached hydrogens (tertiary/aromatic N) is 1. The molecule has 1 unspecified atom stereocenters. The van der Waals surface area contributed by atoms with Gasteiger partial charge in [-0.05, 0) is 67.4 Å². The number of hydrogen-bond acceptors (Lipinski definition) is 4. The number of aliphatic hydroxyl groups excluding tert-OH is 1. The molecule has 1 saturated heterocycles. The Labute approximate surface area is 212 Å². The van der Waals surface area contributed by atoms with Gasteiger partial charge in [0.05, 0.1) is 33.3 Å². The van der Waals surface area contributed by atoms with Gasteiger partial charge in [-0.1, -0.05) is 53.0 Å². The van der Waals surface area contributed by atoms with E-state index in [1.54, 1.807) is 55.5 Å². The molecule has 174 valence electrons. The number of ether oxygens (including phenoxy) is 1. The van der Waals surface area contributed by atoms with Gasteiger partial charge in [0, 0.05) is 11.3 Å². The number of hydrogen-bond donors (Lipinski definition) is 1. The van der Waals surface area contributed by atoms with Crippen molar-refractivity contribution in [1.29, 1.82) is 0 Å². The molecular weight excluding hydrogens is 497 g/mol. The van der Waals surface area contributed by atoms with Crippen molar-refractivity contribution in [3.63, 3.8) is 0 Å². The standard InChI is InChI=1S/C26H20Cl3NO4/c1-3-34-21-13-16(8-10-19(21)28)24(31)22-23(15-7-9-18(27)20(29)12-15)30(26(33)25(22)32)17-6-4-5-14(2)11-17/h4-13,23,31H,3H2,1-2H3/b24-22-. The number of ketones is 1. The smallest absolute Gasteiger partial charge is 0.300 e. The fraction of sp³-hybridized carbons (Fsp3) is 0.154. The molecule has 4 rings (SSSR count). The van der Waals surface area contributed by atoms with E-state index in [-0.39, 0.29) is 16.4 Å². The molecule has 0 bridgehead atoms.